The van der Waals surface area contributed by atoms with Gasteiger partial charge in [-0.05, 0) is 31.0 Å². The molecule has 3 atom stereocenters. The van der Waals surface area contributed by atoms with E-state index < -0.39 is 18.5 Å². The highest BCUT2D eigenvalue weighted by atomic mass is 19.4. The highest BCUT2D eigenvalue weighted by Gasteiger charge is 2.44. The number of nitrogens with zero attached hydrogens (tertiary/aromatic N) is 1. The van der Waals surface area contributed by atoms with Gasteiger partial charge in [0.15, 0.2) is 0 Å². The maximum Gasteiger partial charge on any atom is 0.403 e. The zero-order valence-electron chi connectivity index (χ0n) is 12.0. The van der Waals surface area contributed by atoms with Crippen molar-refractivity contribution in [2.45, 2.75) is 37.9 Å². The minimum atomic E-state index is -4.26. The first-order valence-corrected chi connectivity index (χ1v) is 6.81. The lowest BCUT2D eigenvalue weighted by Gasteiger charge is -2.42. The minimum absolute atomic E-state index is 0.00229. The van der Waals surface area contributed by atoms with Crippen molar-refractivity contribution in [1.82, 2.24) is 10.2 Å². The number of hydrogen-bond donors (Lipinski definition) is 2. The molecule has 1 unspecified atom stereocenters. The Balaban J connectivity index is 2.04. The molecule has 0 bridgehead atoms. The van der Waals surface area contributed by atoms with E-state index in [9.17, 15) is 13.2 Å². The molecule has 0 saturated carbocycles. The normalized spacial score (nSPS) is 25.6. The molecule has 0 aliphatic carbocycles. The van der Waals surface area contributed by atoms with Crippen molar-refractivity contribution in [3.8, 4) is 5.75 Å². The highest BCUT2D eigenvalue weighted by Crippen LogP contribution is 2.30. The predicted octanol–water partition coefficient (Wildman–Crippen LogP) is 2.22. The average Bonchev–Trinajstić information content (AvgIpc) is 2.45. The van der Waals surface area contributed by atoms with Crippen LogP contribution in [0.1, 0.15) is 24.9 Å². The molecule has 0 aromatic heterocycles. The molecule has 1 aliphatic rings. The van der Waals surface area contributed by atoms with Crippen LogP contribution in [0.4, 0.5) is 13.2 Å². The van der Waals surface area contributed by atoms with E-state index in [1.165, 1.54) is 0 Å². The van der Waals surface area contributed by atoms with Crippen molar-refractivity contribution in [2.75, 3.05) is 13.7 Å². The van der Waals surface area contributed by atoms with Gasteiger partial charge >= 0.3 is 6.18 Å². The quantitative estimate of drug-likeness (QED) is 0.899. The SMILES string of the molecule is COc1ccc([C@H](C)N2CC[C@H](C(F)(F)F)NC2N)cc1. The molecule has 1 heterocycles. The zero-order valence-corrected chi connectivity index (χ0v) is 12.0. The number of alkyl halides is 3. The van der Waals surface area contributed by atoms with Crippen LogP contribution in [0, 0.1) is 0 Å². The maximum atomic E-state index is 12.7. The smallest absolute Gasteiger partial charge is 0.403 e. The first kappa shape index (κ1) is 16.1. The molecule has 118 valence electrons. The molecular weight excluding hydrogens is 283 g/mol. The third kappa shape index (κ3) is 3.66. The fourth-order valence-corrected chi connectivity index (χ4v) is 2.57. The van der Waals surface area contributed by atoms with Gasteiger partial charge in [0.2, 0.25) is 0 Å². The van der Waals surface area contributed by atoms with Crippen LogP contribution in [0.15, 0.2) is 24.3 Å². The average molecular weight is 303 g/mol. The van der Waals surface area contributed by atoms with Crippen LogP contribution < -0.4 is 15.8 Å². The summed E-state index contributed by atoms with van der Waals surface area (Å²) in [6.07, 6.45) is -5.08. The Morgan fingerprint density at radius 3 is 2.43 bits per heavy atom. The molecule has 1 aliphatic heterocycles. The number of benzene rings is 1. The Morgan fingerprint density at radius 1 is 1.33 bits per heavy atom. The Hall–Kier alpha value is -1.31. The Bertz CT molecular complexity index is 464. The molecule has 7 heteroatoms. The lowest BCUT2D eigenvalue weighted by Crippen LogP contribution is -2.64. The Kier molecular flexibility index (Phi) is 4.75. The van der Waals surface area contributed by atoms with Crippen molar-refractivity contribution in [1.29, 1.82) is 0 Å². The van der Waals surface area contributed by atoms with Gasteiger partial charge in [0.1, 0.15) is 18.1 Å². The fourth-order valence-electron chi connectivity index (χ4n) is 2.57. The van der Waals surface area contributed by atoms with Gasteiger partial charge < -0.3 is 10.5 Å². The van der Waals surface area contributed by atoms with Crippen molar-refractivity contribution in [3.63, 3.8) is 0 Å². The first-order chi connectivity index (χ1) is 9.82. The van der Waals surface area contributed by atoms with E-state index in [2.05, 4.69) is 5.32 Å². The van der Waals surface area contributed by atoms with E-state index in [0.717, 1.165) is 11.3 Å². The molecule has 21 heavy (non-hydrogen) atoms. The summed E-state index contributed by atoms with van der Waals surface area (Å²) < 4.78 is 43.2. The fraction of sp³-hybridized carbons (Fsp3) is 0.571. The minimum Gasteiger partial charge on any atom is -0.497 e. The molecule has 1 saturated heterocycles. The van der Waals surface area contributed by atoms with Crippen LogP contribution in [0.5, 0.6) is 5.75 Å². The van der Waals surface area contributed by atoms with Gasteiger partial charge in [0.25, 0.3) is 0 Å². The predicted molar refractivity (Wildman–Crippen MR) is 73.7 cm³/mol. The molecule has 0 radical (unpaired) electrons. The molecular formula is C14H20F3N3O. The first-order valence-electron chi connectivity index (χ1n) is 6.81. The van der Waals surface area contributed by atoms with Gasteiger partial charge in [0, 0.05) is 12.6 Å². The van der Waals surface area contributed by atoms with Crippen molar-refractivity contribution < 1.29 is 17.9 Å². The van der Waals surface area contributed by atoms with Crippen LogP contribution >= 0.6 is 0 Å². The Morgan fingerprint density at radius 2 is 1.95 bits per heavy atom. The topological polar surface area (TPSA) is 50.5 Å². The number of rotatable bonds is 3. The van der Waals surface area contributed by atoms with E-state index in [0.29, 0.717) is 6.54 Å². The summed E-state index contributed by atoms with van der Waals surface area (Å²) >= 11 is 0. The molecule has 3 N–H and O–H groups in total. The monoisotopic (exact) mass is 303 g/mol. The van der Waals surface area contributed by atoms with E-state index in [4.69, 9.17) is 10.5 Å². The maximum absolute atomic E-state index is 12.7. The highest BCUT2D eigenvalue weighted by molar-refractivity contribution is 5.29. The van der Waals surface area contributed by atoms with Gasteiger partial charge in [0.05, 0.1) is 7.11 Å². The van der Waals surface area contributed by atoms with Crippen LogP contribution in [-0.2, 0) is 0 Å². The molecule has 1 aromatic carbocycles. The summed E-state index contributed by atoms with van der Waals surface area (Å²) in [6.45, 7) is 2.23. The van der Waals surface area contributed by atoms with E-state index >= 15 is 0 Å². The lowest BCUT2D eigenvalue weighted by molar-refractivity contribution is -0.172. The van der Waals surface area contributed by atoms with Gasteiger partial charge in [-0.3, -0.25) is 10.2 Å². The second-order valence-corrected chi connectivity index (χ2v) is 5.18. The summed E-state index contributed by atoms with van der Waals surface area (Å²) in [7, 11) is 1.58. The summed E-state index contributed by atoms with van der Waals surface area (Å²) in [4.78, 5) is 1.82. The summed E-state index contributed by atoms with van der Waals surface area (Å²) in [6, 6.07) is 5.83. The zero-order chi connectivity index (χ0) is 15.6. The number of nitrogens with one attached hydrogen (secondary N) is 1. The van der Waals surface area contributed by atoms with E-state index in [1.54, 1.807) is 7.11 Å². The van der Waals surface area contributed by atoms with Crippen molar-refractivity contribution >= 4 is 0 Å². The number of ether oxygens (including phenoxy) is 1. The molecule has 0 amide bonds. The second kappa shape index (κ2) is 6.21. The molecule has 0 spiro atoms. The molecule has 1 fully saturated rings. The van der Waals surface area contributed by atoms with E-state index in [-0.39, 0.29) is 12.5 Å². The lowest BCUT2D eigenvalue weighted by atomic mass is 10.0. The Labute approximate surface area is 122 Å². The molecule has 4 nitrogen and oxygen atoms in total. The third-order valence-corrected chi connectivity index (χ3v) is 3.90. The van der Waals surface area contributed by atoms with Crippen molar-refractivity contribution in [2.24, 2.45) is 5.73 Å². The van der Waals surface area contributed by atoms with Crippen LogP contribution in [-0.4, -0.2) is 37.1 Å². The van der Waals surface area contributed by atoms with Gasteiger partial charge in [-0.15, -0.1) is 0 Å². The largest absolute Gasteiger partial charge is 0.497 e. The van der Waals surface area contributed by atoms with Gasteiger partial charge in [-0.25, -0.2) is 0 Å². The van der Waals surface area contributed by atoms with Crippen molar-refractivity contribution in [3.05, 3.63) is 29.8 Å². The van der Waals surface area contributed by atoms with Gasteiger partial charge in [-0.1, -0.05) is 12.1 Å². The van der Waals surface area contributed by atoms with Crippen LogP contribution in [0.2, 0.25) is 0 Å². The van der Waals surface area contributed by atoms with Crippen LogP contribution in [0.3, 0.4) is 0 Å². The third-order valence-electron chi connectivity index (χ3n) is 3.90. The molecule has 1 aromatic rings. The summed E-state index contributed by atoms with van der Waals surface area (Å²) in [5, 5.41) is 2.43. The second-order valence-electron chi connectivity index (χ2n) is 5.18. The summed E-state index contributed by atoms with van der Waals surface area (Å²) in [5.41, 5.74) is 6.84. The molecule has 2 rings (SSSR count). The number of hydrogen-bond acceptors (Lipinski definition) is 4. The van der Waals surface area contributed by atoms with E-state index in [1.807, 2.05) is 36.1 Å². The standard InChI is InChI=1S/C14H20F3N3O/c1-9(10-3-5-11(21-2)6-4-10)20-8-7-12(14(15,16)17)19-13(20)18/h3-6,9,12-13,19H,7-8,18H2,1-2H3/t9-,12+,13?/m0/s1. The van der Waals surface area contributed by atoms with Gasteiger partial charge in [-0.2, -0.15) is 13.2 Å². The van der Waals surface area contributed by atoms with Crippen LogP contribution in [0.25, 0.3) is 0 Å². The number of methoxy groups -OCH3 is 1. The summed E-state index contributed by atoms with van der Waals surface area (Å²) in [5.74, 6) is 0.740. The number of halogens is 3. The number of nitrogens with two attached hydrogens (primary N) is 1.